The van der Waals surface area contributed by atoms with Gasteiger partial charge in [0.2, 0.25) is 5.91 Å². The van der Waals surface area contributed by atoms with Gasteiger partial charge in [0.05, 0.1) is 10.5 Å². The lowest BCUT2D eigenvalue weighted by Gasteiger charge is -2.02. The highest BCUT2D eigenvalue weighted by atomic mass is 79.9. The monoisotopic (exact) mass is 446 g/mol. The van der Waals surface area contributed by atoms with E-state index in [1.54, 1.807) is 36.4 Å². The molecule has 0 saturated carbocycles. The smallest absolute Gasteiger partial charge is 0.281 e. The van der Waals surface area contributed by atoms with E-state index in [-0.39, 0.29) is 16.6 Å². The zero-order valence-electron chi connectivity index (χ0n) is 13.7. The summed E-state index contributed by atoms with van der Waals surface area (Å²) in [7, 11) is 0. The van der Waals surface area contributed by atoms with Crippen LogP contribution in [0.25, 0.3) is 17.4 Å². The molecule has 2 aromatic carbocycles. The third kappa shape index (κ3) is 4.84. The second-order valence-electron chi connectivity index (χ2n) is 5.45. The molecule has 136 valence electrons. The minimum Gasteiger partial charge on any atom is -0.456 e. The zero-order valence-corrected chi connectivity index (χ0v) is 16.0. The van der Waals surface area contributed by atoms with Gasteiger partial charge in [0.25, 0.3) is 5.69 Å². The Hall–Kier alpha value is -2.90. The van der Waals surface area contributed by atoms with Gasteiger partial charge in [-0.05, 0) is 48.5 Å². The van der Waals surface area contributed by atoms with Crippen LogP contribution in [0.2, 0.25) is 5.02 Å². The van der Waals surface area contributed by atoms with Gasteiger partial charge in [-0.1, -0.05) is 33.6 Å². The van der Waals surface area contributed by atoms with Gasteiger partial charge in [0.15, 0.2) is 0 Å². The Morgan fingerprint density at radius 1 is 1.19 bits per heavy atom. The molecule has 0 spiro atoms. The quantitative estimate of drug-likeness (QED) is 0.299. The van der Waals surface area contributed by atoms with Gasteiger partial charge >= 0.3 is 0 Å². The largest absolute Gasteiger partial charge is 0.456 e. The van der Waals surface area contributed by atoms with E-state index in [0.717, 1.165) is 4.47 Å². The maximum atomic E-state index is 12.0. The molecule has 1 heterocycles. The molecule has 0 aliphatic heterocycles. The van der Waals surface area contributed by atoms with Crippen molar-refractivity contribution >= 4 is 50.9 Å². The highest BCUT2D eigenvalue weighted by Gasteiger charge is 2.18. The number of carbonyl (C=O) groups excluding carboxylic acids is 1. The number of benzene rings is 2. The van der Waals surface area contributed by atoms with Crippen molar-refractivity contribution in [3.63, 3.8) is 0 Å². The predicted molar refractivity (Wildman–Crippen MR) is 108 cm³/mol. The standard InChI is InChI=1S/C19H12BrClN2O4/c20-12-2-1-3-14(10-12)22-19(24)9-6-15-5-8-18(27-15)16-7-4-13(21)11-17(16)23(25)26/h1-11H,(H,22,24)/b9-6+. The fourth-order valence-corrected chi connectivity index (χ4v) is 2.92. The lowest BCUT2D eigenvalue weighted by molar-refractivity contribution is -0.384. The fourth-order valence-electron chi connectivity index (χ4n) is 2.36. The van der Waals surface area contributed by atoms with Crippen LogP contribution in [0.5, 0.6) is 0 Å². The van der Waals surface area contributed by atoms with Gasteiger partial charge in [-0.3, -0.25) is 14.9 Å². The second-order valence-corrected chi connectivity index (χ2v) is 6.81. The number of hydrogen-bond acceptors (Lipinski definition) is 4. The van der Waals surface area contributed by atoms with E-state index in [4.69, 9.17) is 16.0 Å². The van der Waals surface area contributed by atoms with Crippen LogP contribution < -0.4 is 5.32 Å². The summed E-state index contributed by atoms with van der Waals surface area (Å²) in [4.78, 5) is 22.7. The van der Waals surface area contributed by atoms with Crippen molar-refractivity contribution in [3.8, 4) is 11.3 Å². The van der Waals surface area contributed by atoms with Gasteiger partial charge in [0.1, 0.15) is 11.5 Å². The Kier molecular flexibility index (Phi) is 5.73. The number of nitro benzene ring substituents is 1. The third-order valence-corrected chi connectivity index (χ3v) is 4.27. The number of carbonyl (C=O) groups is 1. The molecular formula is C19H12BrClN2O4. The number of furan rings is 1. The predicted octanol–water partition coefficient (Wildman–Crippen LogP) is 5.92. The van der Waals surface area contributed by atoms with E-state index in [1.165, 1.54) is 24.3 Å². The van der Waals surface area contributed by atoms with Crippen LogP contribution in [-0.2, 0) is 4.79 Å². The molecule has 6 nitrogen and oxygen atoms in total. The Balaban J connectivity index is 1.75. The molecule has 0 atom stereocenters. The van der Waals surface area contributed by atoms with Crippen LogP contribution >= 0.6 is 27.5 Å². The number of nitrogens with one attached hydrogen (secondary N) is 1. The van der Waals surface area contributed by atoms with Crippen molar-refractivity contribution in [1.29, 1.82) is 0 Å². The number of nitro groups is 1. The van der Waals surface area contributed by atoms with E-state index < -0.39 is 4.92 Å². The lowest BCUT2D eigenvalue weighted by Crippen LogP contribution is -2.07. The van der Waals surface area contributed by atoms with E-state index >= 15 is 0 Å². The van der Waals surface area contributed by atoms with Crippen molar-refractivity contribution in [2.75, 3.05) is 5.32 Å². The van der Waals surface area contributed by atoms with Crippen molar-refractivity contribution < 1.29 is 14.1 Å². The van der Waals surface area contributed by atoms with Gasteiger partial charge in [-0.25, -0.2) is 0 Å². The highest BCUT2D eigenvalue weighted by molar-refractivity contribution is 9.10. The molecule has 1 aromatic heterocycles. The first-order chi connectivity index (χ1) is 12.9. The van der Waals surface area contributed by atoms with Crippen LogP contribution in [0.1, 0.15) is 5.76 Å². The summed E-state index contributed by atoms with van der Waals surface area (Å²) in [5.41, 5.74) is 0.804. The van der Waals surface area contributed by atoms with E-state index in [1.807, 2.05) is 6.07 Å². The van der Waals surface area contributed by atoms with Gasteiger partial charge in [0, 0.05) is 27.3 Å². The number of rotatable bonds is 5. The van der Waals surface area contributed by atoms with E-state index in [0.29, 0.717) is 22.8 Å². The molecule has 0 aliphatic carbocycles. The molecule has 0 aliphatic rings. The van der Waals surface area contributed by atoms with Crippen LogP contribution in [0.4, 0.5) is 11.4 Å². The fraction of sp³-hybridized carbons (Fsp3) is 0. The summed E-state index contributed by atoms with van der Waals surface area (Å²) in [6.07, 6.45) is 2.80. The lowest BCUT2D eigenvalue weighted by atomic mass is 10.1. The average Bonchev–Trinajstić information content (AvgIpc) is 3.08. The van der Waals surface area contributed by atoms with Crippen molar-refractivity contribution in [2.45, 2.75) is 0 Å². The molecular weight excluding hydrogens is 436 g/mol. The molecule has 3 aromatic rings. The second kappa shape index (κ2) is 8.20. The number of anilines is 1. The number of halogens is 2. The first kappa shape index (κ1) is 18.9. The molecule has 0 fully saturated rings. The molecule has 3 rings (SSSR count). The zero-order chi connectivity index (χ0) is 19.4. The molecule has 0 saturated heterocycles. The Bertz CT molecular complexity index is 1050. The molecule has 1 N–H and O–H groups in total. The van der Waals surface area contributed by atoms with Crippen molar-refractivity contribution in [1.82, 2.24) is 0 Å². The minimum atomic E-state index is -0.523. The summed E-state index contributed by atoms with van der Waals surface area (Å²) >= 11 is 9.15. The number of nitrogens with zero attached hydrogens (tertiary/aromatic N) is 1. The molecule has 1 amide bonds. The van der Waals surface area contributed by atoms with Gasteiger partial charge in [-0.2, -0.15) is 0 Å². The topological polar surface area (TPSA) is 85.4 Å². The molecule has 0 bridgehead atoms. The Morgan fingerprint density at radius 2 is 2.00 bits per heavy atom. The molecule has 27 heavy (non-hydrogen) atoms. The maximum Gasteiger partial charge on any atom is 0.281 e. The van der Waals surface area contributed by atoms with Gasteiger partial charge in [-0.15, -0.1) is 0 Å². The van der Waals surface area contributed by atoms with Crippen LogP contribution in [0, 0.1) is 10.1 Å². The molecule has 8 heteroatoms. The first-order valence-electron chi connectivity index (χ1n) is 7.71. The Labute approximate surface area is 167 Å². The molecule has 0 radical (unpaired) electrons. The normalized spacial score (nSPS) is 10.9. The van der Waals surface area contributed by atoms with Crippen molar-refractivity contribution in [3.05, 3.63) is 86.0 Å². The SMILES string of the molecule is O=C(/C=C/c1ccc(-c2ccc(Cl)cc2[N+](=O)[O-])o1)Nc1cccc(Br)c1. The van der Waals surface area contributed by atoms with Crippen LogP contribution in [-0.4, -0.2) is 10.8 Å². The molecule has 0 unspecified atom stereocenters. The van der Waals surface area contributed by atoms with E-state index in [9.17, 15) is 14.9 Å². The van der Waals surface area contributed by atoms with Crippen molar-refractivity contribution in [2.24, 2.45) is 0 Å². The summed E-state index contributed by atoms with van der Waals surface area (Å²) < 4.78 is 6.45. The number of hydrogen-bond donors (Lipinski definition) is 1. The first-order valence-corrected chi connectivity index (χ1v) is 8.88. The summed E-state index contributed by atoms with van der Waals surface area (Å²) in [6, 6.07) is 14.8. The van der Waals surface area contributed by atoms with Crippen LogP contribution in [0.3, 0.4) is 0 Å². The van der Waals surface area contributed by atoms with Gasteiger partial charge < -0.3 is 9.73 Å². The summed E-state index contributed by atoms with van der Waals surface area (Å²) in [5.74, 6) is 0.368. The van der Waals surface area contributed by atoms with Crippen LogP contribution in [0.15, 0.2) is 69.6 Å². The average molecular weight is 448 g/mol. The minimum absolute atomic E-state index is 0.153. The Morgan fingerprint density at radius 3 is 2.74 bits per heavy atom. The summed E-state index contributed by atoms with van der Waals surface area (Å²) in [6.45, 7) is 0. The highest BCUT2D eigenvalue weighted by Crippen LogP contribution is 2.33. The number of amides is 1. The maximum absolute atomic E-state index is 12.0. The third-order valence-electron chi connectivity index (χ3n) is 3.54. The summed E-state index contributed by atoms with van der Waals surface area (Å²) in [5, 5.41) is 14.2. The van der Waals surface area contributed by atoms with E-state index in [2.05, 4.69) is 21.2 Å².